The lowest BCUT2D eigenvalue weighted by atomic mass is 10.0. The molecule has 1 N–H and O–H groups in total. The molecule has 1 heterocycles. The number of nitrogens with zero attached hydrogens (tertiary/aromatic N) is 3. The van der Waals surface area contributed by atoms with Crippen molar-refractivity contribution in [1.29, 1.82) is 0 Å². The molecule has 0 aliphatic carbocycles. The predicted molar refractivity (Wildman–Crippen MR) is 83.4 cm³/mol. The summed E-state index contributed by atoms with van der Waals surface area (Å²) in [6.07, 6.45) is 2.41. The summed E-state index contributed by atoms with van der Waals surface area (Å²) in [4.78, 5) is 4.28. The van der Waals surface area contributed by atoms with Crippen LogP contribution in [0.2, 0.25) is 0 Å². The molecular weight excluding hydrogens is 407 g/mol. The predicted octanol–water partition coefficient (Wildman–Crippen LogP) is 2.69. The zero-order valence-corrected chi connectivity index (χ0v) is 13.9. The van der Waals surface area contributed by atoms with Gasteiger partial charge in [0.15, 0.2) is 0 Å². The van der Waals surface area contributed by atoms with Gasteiger partial charge in [0.2, 0.25) is 0 Å². The summed E-state index contributed by atoms with van der Waals surface area (Å²) in [5.74, 6) is 0.977. The van der Waals surface area contributed by atoms with Crippen molar-refractivity contribution in [2.75, 3.05) is 7.05 Å². The van der Waals surface area contributed by atoms with E-state index >= 15 is 0 Å². The van der Waals surface area contributed by atoms with Gasteiger partial charge in [-0.25, -0.2) is 4.98 Å². The molecule has 0 radical (unpaired) electrons. The van der Waals surface area contributed by atoms with Crippen LogP contribution >= 0.6 is 38.5 Å². The maximum absolute atomic E-state index is 4.28. The lowest BCUT2D eigenvalue weighted by Gasteiger charge is -2.18. The fourth-order valence-electron chi connectivity index (χ4n) is 1.84. The van der Waals surface area contributed by atoms with Crippen LogP contribution in [0.1, 0.15) is 17.4 Å². The van der Waals surface area contributed by atoms with Gasteiger partial charge in [-0.1, -0.05) is 15.9 Å². The molecule has 0 aliphatic heterocycles. The number of hydrogen-bond acceptors (Lipinski definition) is 3. The summed E-state index contributed by atoms with van der Waals surface area (Å²) in [6.45, 7) is 0. The number of hydrogen-bond donors (Lipinski definition) is 1. The Morgan fingerprint density at radius 3 is 2.89 bits per heavy atom. The highest BCUT2D eigenvalue weighted by Gasteiger charge is 2.16. The molecular formula is C12H14BrIN4. The Bertz CT molecular complexity index is 541. The maximum Gasteiger partial charge on any atom is 0.138 e. The van der Waals surface area contributed by atoms with E-state index in [0.29, 0.717) is 0 Å². The fraction of sp³-hybridized carbons (Fsp3) is 0.333. The number of rotatable bonds is 4. The highest BCUT2D eigenvalue weighted by molar-refractivity contribution is 14.1. The minimum Gasteiger partial charge on any atom is -0.313 e. The van der Waals surface area contributed by atoms with Gasteiger partial charge in [-0.2, -0.15) is 5.10 Å². The SMILES string of the molecule is CNC(Cc1ncnn1C)c1cc(Br)ccc1I. The first-order valence-corrected chi connectivity index (χ1v) is 7.44. The fourth-order valence-corrected chi connectivity index (χ4v) is 2.93. The molecule has 0 amide bonds. The van der Waals surface area contributed by atoms with Crippen molar-refractivity contribution >= 4 is 38.5 Å². The molecule has 1 aromatic carbocycles. The van der Waals surface area contributed by atoms with Crippen LogP contribution < -0.4 is 5.32 Å². The molecule has 6 heteroatoms. The molecule has 0 bridgehead atoms. The second kappa shape index (κ2) is 6.12. The van der Waals surface area contributed by atoms with Gasteiger partial charge in [-0.3, -0.25) is 4.68 Å². The van der Waals surface area contributed by atoms with Crippen LogP contribution in [0.15, 0.2) is 29.0 Å². The van der Waals surface area contributed by atoms with E-state index in [0.717, 1.165) is 16.7 Å². The van der Waals surface area contributed by atoms with Crippen LogP contribution in [0.3, 0.4) is 0 Å². The molecule has 18 heavy (non-hydrogen) atoms. The van der Waals surface area contributed by atoms with Crippen molar-refractivity contribution in [3.8, 4) is 0 Å². The van der Waals surface area contributed by atoms with Crippen LogP contribution in [-0.4, -0.2) is 21.8 Å². The Balaban J connectivity index is 2.28. The smallest absolute Gasteiger partial charge is 0.138 e. The Kier molecular flexibility index (Phi) is 4.74. The zero-order chi connectivity index (χ0) is 13.1. The monoisotopic (exact) mass is 420 g/mol. The molecule has 4 nitrogen and oxygen atoms in total. The van der Waals surface area contributed by atoms with Crippen LogP contribution in [-0.2, 0) is 13.5 Å². The molecule has 2 rings (SSSR count). The molecule has 1 unspecified atom stereocenters. The second-order valence-corrected chi connectivity index (χ2v) is 6.09. The Hall–Kier alpha value is -0.470. The molecule has 1 atom stereocenters. The van der Waals surface area contributed by atoms with Crippen LogP contribution in [0, 0.1) is 3.57 Å². The maximum atomic E-state index is 4.28. The minimum absolute atomic E-state index is 0.234. The first-order valence-electron chi connectivity index (χ1n) is 5.57. The summed E-state index contributed by atoms with van der Waals surface area (Å²) < 4.78 is 4.16. The second-order valence-electron chi connectivity index (χ2n) is 4.01. The van der Waals surface area contributed by atoms with Gasteiger partial charge in [0.25, 0.3) is 0 Å². The third-order valence-electron chi connectivity index (χ3n) is 2.87. The van der Waals surface area contributed by atoms with E-state index in [1.165, 1.54) is 9.13 Å². The van der Waals surface area contributed by atoms with E-state index in [2.05, 4.69) is 72.1 Å². The third kappa shape index (κ3) is 3.10. The summed E-state index contributed by atoms with van der Waals surface area (Å²) in [5, 5.41) is 7.45. The molecule has 0 fully saturated rings. The van der Waals surface area contributed by atoms with Crippen LogP contribution in [0.5, 0.6) is 0 Å². The van der Waals surface area contributed by atoms with Crippen molar-refractivity contribution in [2.24, 2.45) is 7.05 Å². The zero-order valence-electron chi connectivity index (χ0n) is 10.2. The minimum atomic E-state index is 0.234. The van der Waals surface area contributed by atoms with Gasteiger partial charge in [-0.05, 0) is 53.4 Å². The lowest BCUT2D eigenvalue weighted by Crippen LogP contribution is -2.21. The van der Waals surface area contributed by atoms with E-state index in [-0.39, 0.29) is 6.04 Å². The van der Waals surface area contributed by atoms with Crippen LogP contribution in [0.4, 0.5) is 0 Å². The van der Waals surface area contributed by atoms with Crippen LogP contribution in [0.25, 0.3) is 0 Å². The van der Waals surface area contributed by atoms with E-state index in [1.54, 1.807) is 6.33 Å². The number of halogens is 2. The van der Waals surface area contributed by atoms with Crippen molar-refractivity contribution in [3.05, 3.63) is 44.0 Å². The van der Waals surface area contributed by atoms with E-state index in [4.69, 9.17) is 0 Å². The number of benzene rings is 1. The van der Waals surface area contributed by atoms with Crippen molar-refractivity contribution < 1.29 is 0 Å². The van der Waals surface area contributed by atoms with Crippen molar-refractivity contribution in [3.63, 3.8) is 0 Å². The molecule has 0 aliphatic rings. The average Bonchev–Trinajstić information content (AvgIpc) is 2.75. The summed E-state index contributed by atoms with van der Waals surface area (Å²) in [7, 11) is 3.89. The number of aromatic nitrogens is 3. The van der Waals surface area contributed by atoms with E-state index < -0.39 is 0 Å². The Labute approximate surface area is 128 Å². The molecule has 1 aromatic heterocycles. The van der Waals surface area contributed by atoms with E-state index in [9.17, 15) is 0 Å². The van der Waals surface area contributed by atoms with Gasteiger partial charge in [0.1, 0.15) is 12.2 Å². The lowest BCUT2D eigenvalue weighted by molar-refractivity contribution is 0.551. The standard InChI is InChI=1S/C12H14BrIN4/c1-15-11(6-12-16-7-17-18(12)2)9-5-8(13)3-4-10(9)14/h3-5,7,11,15H,6H2,1-2H3. The Morgan fingerprint density at radius 2 is 2.28 bits per heavy atom. The quantitative estimate of drug-likeness (QED) is 0.773. The number of aryl methyl sites for hydroxylation is 1. The largest absolute Gasteiger partial charge is 0.313 e. The molecule has 96 valence electrons. The summed E-state index contributed by atoms with van der Waals surface area (Å²) >= 11 is 5.88. The normalized spacial score (nSPS) is 12.7. The summed E-state index contributed by atoms with van der Waals surface area (Å²) in [6, 6.07) is 6.55. The van der Waals surface area contributed by atoms with Gasteiger partial charge in [-0.15, -0.1) is 0 Å². The number of nitrogens with one attached hydrogen (secondary N) is 1. The van der Waals surface area contributed by atoms with Gasteiger partial charge in [0, 0.05) is 27.6 Å². The molecule has 0 saturated carbocycles. The molecule has 2 aromatic rings. The van der Waals surface area contributed by atoms with E-state index in [1.807, 2.05) is 18.8 Å². The average molecular weight is 421 g/mol. The Morgan fingerprint density at radius 1 is 1.50 bits per heavy atom. The highest BCUT2D eigenvalue weighted by atomic mass is 127. The van der Waals surface area contributed by atoms with Gasteiger partial charge >= 0.3 is 0 Å². The first kappa shape index (κ1) is 14.0. The number of likely N-dealkylation sites (N-methyl/N-ethyl adjacent to an activating group) is 1. The highest BCUT2D eigenvalue weighted by Crippen LogP contribution is 2.25. The van der Waals surface area contributed by atoms with Crippen molar-refractivity contribution in [2.45, 2.75) is 12.5 Å². The summed E-state index contributed by atoms with van der Waals surface area (Å²) in [5.41, 5.74) is 1.27. The molecule has 0 saturated heterocycles. The van der Waals surface area contributed by atoms with Gasteiger partial charge in [0.05, 0.1) is 0 Å². The topological polar surface area (TPSA) is 42.7 Å². The third-order valence-corrected chi connectivity index (χ3v) is 4.35. The first-order chi connectivity index (χ1) is 8.61. The van der Waals surface area contributed by atoms with Gasteiger partial charge < -0.3 is 5.32 Å². The molecule has 0 spiro atoms. The van der Waals surface area contributed by atoms with Crippen molar-refractivity contribution in [1.82, 2.24) is 20.1 Å².